The summed E-state index contributed by atoms with van der Waals surface area (Å²) < 4.78 is 1.00. The average Bonchev–Trinajstić information content (AvgIpc) is 3.39. The van der Waals surface area contributed by atoms with E-state index >= 15 is 0 Å². The van der Waals surface area contributed by atoms with E-state index < -0.39 is 0 Å². The van der Waals surface area contributed by atoms with Gasteiger partial charge in [-0.25, -0.2) is 0 Å². The van der Waals surface area contributed by atoms with Gasteiger partial charge in [0.15, 0.2) is 0 Å². The highest BCUT2D eigenvalue weighted by molar-refractivity contribution is 14.1. The summed E-state index contributed by atoms with van der Waals surface area (Å²) >= 11 is 2.26. The van der Waals surface area contributed by atoms with Gasteiger partial charge >= 0.3 is 0 Å². The second-order valence-corrected chi connectivity index (χ2v) is 10.7. The maximum absolute atomic E-state index is 4.84. The van der Waals surface area contributed by atoms with Crippen LogP contribution in [0.5, 0.6) is 0 Å². The van der Waals surface area contributed by atoms with E-state index in [0.717, 1.165) is 58.9 Å². The molecule has 2 atom stereocenters. The summed E-state index contributed by atoms with van der Waals surface area (Å²) in [5.74, 6) is 1.97. The topological polar surface area (TPSA) is 78.0 Å². The molecule has 3 N–H and O–H groups in total. The second-order valence-electron chi connectivity index (χ2n) is 9.41. The minimum Gasteiger partial charge on any atom is -0.350 e. The van der Waals surface area contributed by atoms with Crippen LogP contribution in [0, 0.1) is 12.3 Å². The molecule has 172 valence electrons. The molecule has 0 amide bonds. The van der Waals surface area contributed by atoms with Crippen molar-refractivity contribution < 1.29 is 0 Å². The van der Waals surface area contributed by atoms with Crippen molar-refractivity contribution in [3.8, 4) is 0 Å². The summed E-state index contributed by atoms with van der Waals surface area (Å²) in [5.41, 5.74) is 3.55. The van der Waals surface area contributed by atoms with Crippen LogP contribution in [0.25, 0.3) is 3.58 Å². The number of rotatable bonds is 8. The first kappa shape index (κ1) is 23.2. The van der Waals surface area contributed by atoms with Gasteiger partial charge in [0, 0.05) is 34.9 Å². The van der Waals surface area contributed by atoms with Crippen molar-refractivity contribution in [2.24, 2.45) is 5.41 Å². The molecule has 0 radical (unpaired) electrons. The highest BCUT2D eigenvalue weighted by atomic mass is 127. The predicted molar refractivity (Wildman–Crippen MR) is 142 cm³/mol. The molecule has 7 nitrogen and oxygen atoms in total. The third-order valence-electron chi connectivity index (χ3n) is 6.51. The lowest BCUT2D eigenvalue weighted by Gasteiger charge is -2.24. The zero-order chi connectivity index (χ0) is 22.7. The highest BCUT2D eigenvalue weighted by Crippen LogP contribution is 2.36. The van der Waals surface area contributed by atoms with Gasteiger partial charge in [-0.2, -0.15) is 15.0 Å². The number of anilines is 4. The first-order chi connectivity index (χ1) is 15.3. The molecule has 3 heterocycles. The number of hydrogen-bond acceptors (Lipinski definition) is 7. The number of nitrogens with zero attached hydrogens (tertiary/aromatic N) is 4. The largest absolute Gasteiger partial charge is 0.350 e. The molecule has 8 heteroatoms. The number of halogens is 1. The fourth-order valence-electron chi connectivity index (χ4n) is 4.63. The number of aryl methyl sites for hydroxylation is 1. The molecular formula is C24H34IN7. The van der Waals surface area contributed by atoms with Crippen LogP contribution in [0.2, 0.25) is 0 Å². The van der Waals surface area contributed by atoms with Crippen molar-refractivity contribution in [3.05, 3.63) is 35.9 Å². The molecule has 1 unspecified atom stereocenters. The third kappa shape index (κ3) is 5.51. The van der Waals surface area contributed by atoms with E-state index in [2.05, 4.69) is 89.0 Å². The normalized spacial score (nSPS) is 22.9. The Balaban J connectivity index is 1.63. The van der Waals surface area contributed by atoms with Crippen LogP contribution < -0.4 is 20.9 Å². The van der Waals surface area contributed by atoms with E-state index in [1.807, 2.05) is 0 Å². The van der Waals surface area contributed by atoms with Crippen molar-refractivity contribution >= 4 is 49.7 Å². The van der Waals surface area contributed by atoms with Gasteiger partial charge in [0.05, 0.1) is 0 Å². The lowest BCUT2D eigenvalue weighted by molar-refractivity contribution is 0.334. The van der Waals surface area contributed by atoms with Crippen molar-refractivity contribution in [1.29, 1.82) is 0 Å². The number of hydrogen-bond donors (Lipinski definition) is 3. The van der Waals surface area contributed by atoms with Crippen LogP contribution in [-0.2, 0) is 0 Å². The minimum absolute atomic E-state index is 0.323. The lowest BCUT2D eigenvalue weighted by atomic mass is 9.85. The minimum atomic E-state index is 0.323. The molecule has 0 aliphatic carbocycles. The SMILES string of the molecule is C=C(I)c1ccc(C)c(Nc2nc(N[C@@H]3CCNC3)nc(N3CCC(C)(CCC)C3)n2)c1. The van der Waals surface area contributed by atoms with Crippen LogP contribution in [0.1, 0.15) is 50.7 Å². The van der Waals surface area contributed by atoms with Crippen LogP contribution in [0.4, 0.5) is 23.5 Å². The monoisotopic (exact) mass is 547 g/mol. The van der Waals surface area contributed by atoms with Crippen molar-refractivity contribution in [3.63, 3.8) is 0 Å². The van der Waals surface area contributed by atoms with E-state index in [0.29, 0.717) is 23.4 Å². The molecule has 2 aliphatic rings. The lowest BCUT2D eigenvalue weighted by Crippen LogP contribution is -2.28. The van der Waals surface area contributed by atoms with E-state index in [1.54, 1.807) is 0 Å². The van der Waals surface area contributed by atoms with E-state index in [9.17, 15) is 0 Å². The van der Waals surface area contributed by atoms with E-state index in [-0.39, 0.29) is 0 Å². The Bertz CT molecular complexity index is 973. The Labute approximate surface area is 205 Å². The van der Waals surface area contributed by atoms with Crippen molar-refractivity contribution in [2.75, 3.05) is 41.7 Å². The fraction of sp³-hybridized carbons (Fsp3) is 0.542. The molecular weight excluding hydrogens is 513 g/mol. The summed E-state index contributed by atoms with van der Waals surface area (Å²) in [6.07, 6.45) is 4.67. The molecule has 4 rings (SSSR count). The van der Waals surface area contributed by atoms with E-state index in [4.69, 9.17) is 15.0 Å². The molecule has 0 bridgehead atoms. The Morgan fingerprint density at radius 1 is 1.31 bits per heavy atom. The molecule has 32 heavy (non-hydrogen) atoms. The first-order valence-corrected chi connectivity index (χ1v) is 12.6. The number of nitrogens with one attached hydrogen (secondary N) is 3. The average molecular weight is 547 g/mol. The van der Waals surface area contributed by atoms with Crippen LogP contribution in [0.15, 0.2) is 24.8 Å². The summed E-state index contributed by atoms with van der Waals surface area (Å²) in [6, 6.07) is 6.64. The van der Waals surface area contributed by atoms with Crippen LogP contribution >= 0.6 is 22.6 Å². The molecule has 0 spiro atoms. The van der Waals surface area contributed by atoms with Crippen molar-refractivity contribution in [2.45, 2.75) is 52.5 Å². The zero-order valence-corrected chi connectivity index (χ0v) is 21.5. The van der Waals surface area contributed by atoms with Gasteiger partial charge in [-0.15, -0.1) is 0 Å². The predicted octanol–water partition coefficient (Wildman–Crippen LogP) is 5.12. The zero-order valence-electron chi connectivity index (χ0n) is 19.3. The molecule has 2 saturated heterocycles. The van der Waals surface area contributed by atoms with Gasteiger partial charge in [-0.3, -0.25) is 0 Å². The summed E-state index contributed by atoms with van der Waals surface area (Å²) in [7, 11) is 0. The highest BCUT2D eigenvalue weighted by Gasteiger charge is 2.34. The maximum atomic E-state index is 4.84. The van der Waals surface area contributed by atoms with Gasteiger partial charge < -0.3 is 20.9 Å². The van der Waals surface area contributed by atoms with Crippen LogP contribution in [0.3, 0.4) is 0 Å². The Hall–Kier alpha value is -1.94. The maximum Gasteiger partial charge on any atom is 0.233 e. The first-order valence-electron chi connectivity index (χ1n) is 11.6. The fourth-order valence-corrected chi connectivity index (χ4v) is 4.97. The quantitative estimate of drug-likeness (QED) is 0.396. The molecule has 2 aromatic rings. The van der Waals surface area contributed by atoms with Crippen molar-refractivity contribution in [1.82, 2.24) is 20.3 Å². The Morgan fingerprint density at radius 3 is 2.84 bits per heavy atom. The number of benzene rings is 1. The summed E-state index contributed by atoms with van der Waals surface area (Å²) in [6.45, 7) is 14.7. The number of aromatic nitrogens is 3. The summed E-state index contributed by atoms with van der Waals surface area (Å²) in [4.78, 5) is 16.7. The Kier molecular flexibility index (Phi) is 7.19. The molecule has 1 aromatic heterocycles. The Morgan fingerprint density at radius 2 is 2.12 bits per heavy atom. The summed E-state index contributed by atoms with van der Waals surface area (Å²) in [5, 5.41) is 10.4. The second kappa shape index (κ2) is 9.91. The van der Waals surface area contributed by atoms with Gasteiger partial charge in [0.1, 0.15) is 0 Å². The molecule has 0 saturated carbocycles. The smallest absolute Gasteiger partial charge is 0.233 e. The van der Waals surface area contributed by atoms with Gasteiger partial charge in [0.25, 0.3) is 0 Å². The van der Waals surface area contributed by atoms with Gasteiger partial charge in [-0.05, 0) is 77.9 Å². The van der Waals surface area contributed by atoms with Gasteiger partial charge in [0.2, 0.25) is 17.8 Å². The van der Waals surface area contributed by atoms with Crippen LogP contribution in [-0.4, -0.2) is 47.2 Å². The standard InChI is InChI=1S/C24H34IN7/c1-5-9-24(4)10-12-32(15-24)23-30-21(27-19-8-11-26-14-19)29-22(31-23)28-20-13-18(17(3)25)7-6-16(20)2/h6-7,13,19,26H,3,5,8-12,14-15H2,1-2,4H3,(H2,27,28,29,30,31)/t19-,24?/m1/s1. The molecule has 1 aromatic carbocycles. The molecule has 2 aliphatic heterocycles. The molecule has 2 fully saturated rings. The van der Waals surface area contributed by atoms with Gasteiger partial charge in [-0.1, -0.05) is 39.0 Å². The van der Waals surface area contributed by atoms with E-state index in [1.165, 1.54) is 19.3 Å². The third-order valence-corrected chi connectivity index (χ3v) is 7.13.